The Bertz CT molecular complexity index is 302. The van der Waals surface area contributed by atoms with Gasteiger partial charge in [-0.1, -0.05) is 0 Å². The van der Waals surface area contributed by atoms with Crippen LogP contribution in [0.3, 0.4) is 0 Å². The fraction of sp³-hybridized carbons (Fsp3) is 0.800. The minimum absolute atomic E-state index is 0.244. The molecule has 17 heavy (non-hydrogen) atoms. The molecule has 1 aliphatic carbocycles. The van der Waals surface area contributed by atoms with Crippen LogP contribution in [-0.4, -0.2) is 48.1 Å². The van der Waals surface area contributed by atoms with Crippen LogP contribution >= 0.6 is 0 Å². The maximum Gasteiger partial charge on any atom is 0.404 e. The van der Waals surface area contributed by atoms with Crippen LogP contribution in [0.2, 0.25) is 0 Å². The molecule has 0 aliphatic heterocycles. The van der Waals surface area contributed by atoms with Crippen molar-refractivity contribution < 1.29 is 23.5 Å². The maximum absolute atomic E-state index is 12.6. The number of carbonyl (C=O) groups excluding carboxylic acids is 1. The van der Waals surface area contributed by atoms with Crippen LogP contribution in [0.4, 0.5) is 13.6 Å². The summed E-state index contributed by atoms with van der Waals surface area (Å²) >= 11 is 0. The second kappa shape index (κ2) is 5.29. The average molecular weight is 250 g/mol. The number of alkyl halides is 2. The van der Waals surface area contributed by atoms with Gasteiger partial charge in [0.05, 0.1) is 0 Å². The van der Waals surface area contributed by atoms with Crippen LogP contribution < -0.4 is 5.32 Å². The molecule has 0 heterocycles. The van der Waals surface area contributed by atoms with Crippen LogP contribution in [0, 0.1) is 5.92 Å². The normalized spacial score (nSPS) is 18.3. The Balaban J connectivity index is 2.17. The summed E-state index contributed by atoms with van der Waals surface area (Å²) < 4.78 is 25.1. The van der Waals surface area contributed by atoms with Crippen molar-refractivity contribution >= 4 is 12.0 Å². The summed E-state index contributed by atoms with van der Waals surface area (Å²) in [6, 6.07) is 0. The van der Waals surface area contributed by atoms with Gasteiger partial charge in [0, 0.05) is 38.9 Å². The molecule has 98 valence electrons. The zero-order valence-electron chi connectivity index (χ0n) is 9.58. The van der Waals surface area contributed by atoms with Crippen LogP contribution in [0.25, 0.3) is 0 Å². The summed E-state index contributed by atoms with van der Waals surface area (Å²) in [6.07, 6.45) is -1.39. The van der Waals surface area contributed by atoms with Gasteiger partial charge in [0.1, 0.15) is 0 Å². The molecule has 2 N–H and O–H groups in total. The predicted octanol–water partition coefficient (Wildman–Crippen LogP) is 1.15. The number of hydrogen-bond donors (Lipinski definition) is 2. The summed E-state index contributed by atoms with van der Waals surface area (Å²) in [4.78, 5) is 23.1. The van der Waals surface area contributed by atoms with Crippen molar-refractivity contribution in [3.8, 4) is 0 Å². The predicted molar refractivity (Wildman–Crippen MR) is 56.0 cm³/mol. The second-order valence-corrected chi connectivity index (χ2v) is 4.31. The van der Waals surface area contributed by atoms with E-state index in [1.54, 1.807) is 7.05 Å². The van der Waals surface area contributed by atoms with Gasteiger partial charge in [-0.05, 0) is 6.42 Å². The number of carboxylic acid groups (broad SMARTS) is 1. The number of carbonyl (C=O) groups is 2. The molecule has 0 radical (unpaired) electrons. The van der Waals surface area contributed by atoms with E-state index < -0.39 is 17.9 Å². The van der Waals surface area contributed by atoms with Gasteiger partial charge in [-0.15, -0.1) is 0 Å². The van der Waals surface area contributed by atoms with E-state index in [9.17, 15) is 18.4 Å². The molecule has 0 aromatic heterocycles. The van der Waals surface area contributed by atoms with Crippen LogP contribution in [0.15, 0.2) is 0 Å². The molecule has 0 aromatic carbocycles. The number of nitrogens with zero attached hydrogens (tertiary/aromatic N) is 1. The fourth-order valence-electron chi connectivity index (χ4n) is 1.77. The van der Waals surface area contributed by atoms with Gasteiger partial charge in [0.15, 0.2) is 0 Å². The number of nitrogens with one attached hydrogen (secondary N) is 1. The Morgan fingerprint density at radius 2 is 2.06 bits per heavy atom. The van der Waals surface area contributed by atoms with Crippen LogP contribution in [0.1, 0.15) is 19.3 Å². The minimum atomic E-state index is -2.69. The van der Waals surface area contributed by atoms with E-state index in [0.717, 1.165) is 0 Å². The van der Waals surface area contributed by atoms with Gasteiger partial charge < -0.3 is 15.3 Å². The monoisotopic (exact) mass is 250 g/mol. The van der Waals surface area contributed by atoms with Gasteiger partial charge >= 0.3 is 6.09 Å². The lowest BCUT2D eigenvalue weighted by Crippen LogP contribution is -2.46. The van der Waals surface area contributed by atoms with E-state index in [-0.39, 0.29) is 25.3 Å². The Morgan fingerprint density at radius 1 is 1.47 bits per heavy atom. The van der Waals surface area contributed by atoms with E-state index in [1.165, 1.54) is 4.90 Å². The van der Waals surface area contributed by atoms with E-state index in [0.29, 0.717) is 13.0 Å². The fourth-order valence-corrected chi connectivity index (χ4v) is 1.77. The molecule has 0 saturated heterocycles. The topological polar surface area (TPSA) is 69.6 Å². The van der Waals surface area contributed by atoms with Crippen molar-refractivity contribution in [2.75, 3.05) is 20.1 Å². The number of hydrogen-bond acceptors (Lipinski definition) is 2. The number of rotatable bonds is 5. The highest BCUT2D eigenvalue weighted by Crippen LogP contribution is 2.42. The van der Waals surface area contributed by atoms with Gasteiger partial charge in [-0.25, -0.2) is 13.6 Å². The lowest BCUT2D eigenvalue weighted by Gasteiger charge is -2.36. The summed E-state index contributed by atoms with van der Waals surface area (Å²) in [5.74, 6) is -3.56. The lowest BCUT2D eigenvalue weighted by molar-refractivity contribution is -0.158. The Hall–Kier alpha value is -1.40. The van der Waals surface area contributed by atoms with Gasteiger partial charge in [0.2, 0.25) is 11.8 Å². The summed E-state index contributed by atoms with van der Waals surface area (Å²) in [7, 11) is 1.54. The van der Waals surface area contributed by atoms with Crippen molar-refractivity contribution in [2.24, 2.45) is 5.92 Å². The molecule has 1 fully saturated rings. The van der Waals surface area contributed by atoms with Crippen molar-refractivity contribution in [3.05, 3.63) is 0 Å². The second-order valence-electron chi connectivity index (χ2n) is 4.31. The largest absolute Gasteiger partial charge is 0.465 e. The van der Waals surface area contributed by atoms with Crippen molar-refractivity contribution in [1.29, 1.82) is 0 Å². The van der Waals surface area contributed by atoms with E-state index in [2.05, 4.69) is 5.32 Å². The van der Waals surface area contributed by atoms with Crippen LogP contribution in [0.5, 0.6) is 0 Å². The third-order valence-corrected chi connectivity index (χ3v) is 2.76. The Labute approximate surface area is 97.8 Å². The van der Waals surface area contributed by atoms with Crippen LogP contribution in [-0.2, 0) is 4.79 Å². The highest BCUT2D eigenvalue weighted by atomic mass is 19.3. The minimum Gasteiger partial charge on any atom is -0.465 e. The quantitative estimate of drug-likeness (QED) is 0.719. The molecule has 1 saturated carbocycles. The molecule has 2 amide bonds. The molecule has 1 rings (SSSR count). The first-order valence-electron chi connectivity index (χ1n) is 5.41. The standard InChI is InChI=1S/C10H16F2N2O3/c1-14(4-2-3-13-9(16)17)8(15)7-5-10(11,12)6-7/h7,13H,2-6H2,1H3,(H,16,17). The molecule has 0 spiro atoms. The Kier molecular flexibility index (Phi) is 4.25. The van der Waals surface area contributed by atoms with Crippen molar-refractivity contribution in [3.63, 3.8) is 0 Å². The maximum atomic E-state index is 12.6. The third-order valence-electron chi connectivity index (χ3n) is 2.76. The molecule has 1 aliphatic rings. The molecule has 5 nitrogen and oxygen atoms in total. The summed E-state index contributed by atoms with van der Waals surface area (Å²) in [5, 5.41) is 10.5. The summed E-state index contributed by atoms with van der Waals surface area (Å²) in [5.41, 5.74) is 0. The first-order valence-corrected chi connectivity index (χ1v) is 5.41. The number of amides is 2. The first kappa shape index (κ1) is 13.7. The molecular weight excluding hydrogens is 234 g/mol. The molecule has 0 aromatic rings. The zero-order valence-corrected chi connectivity index (χ0v) is 9.58. The van der Waals surface area contributed by atoms with Gasteiger partial charge in [-0.3, -0.25) is 4.79 Å². The van der Waals surface area contributed by atoms with Crippen molar-refractivity contribution in [2.45, 2.75) is 25.2 Å². The zero-order chi connectivity index (χ0) is 13.1. The average Bonchev–Trinajstić information content (AvgIpc) is 2.19. The molecule has 0 unspecified atom stereocenters. The smallest absolute Gasteiger partial charge is 0.404 e. The molecular formula is C10H16F2N2O3. The molecule has 7 heteroatoms. The highest BCUT2D eigenvalue weighted by Gasteiger charge is 2.49. The summed E-state index contributed by atoms with van der Waals surface area (Å²) in [6.45, 7) is 0.606. The van der Waals surface area contributed by atoms with Gasteiger partial charge in [-0.2, -0.15) is 0 Å². The van der Waals surface area contributed by atoms with E-state index in [4.69, 9.17) is 5.11 Å². The van der Waals surface area contributed by atoms with Gasteiger partial charge in [0.25, 0.3) is 0 Å². The van der Waals surface area contributed by atoms with Crippen molar-refractivity contribution in [1.82, 2.24) is 10.2 Å². The Morgan fingerprint density at radius 3 is 2.53 bits per heavy atom. The lowest BCUT2D eigenvalue weighted by atomic mass is 9.80. The van der Waals surface area contributed by atoms with E-state index in [1.807, 2.05) is 0 Å². The molecule has 0 bridgehead atoms. The number of halogens is 2. The molecule has 0 atom stereocenters. The SMILES string of the molecule is CN(CCCNC(=O)O)C(=O)C1CC(F)(F)C1. The first-order chi connectivity index (χ1) is 7.82. The highest BCUT2D eigenvalue weighted by molar-refractivity contribution is 5.79. The third kappa shape index (κ3) is 4.16. The van der Waals surface area contributed by atoms with E-state index >= 15 is 0 Å².